The van der Waals surface area contributed by atoms with Crippen molar-refractivity contribution in [3.05, 3.63) is 47.2 Å². The Labute approximate surface area is 145 Å². The van der Waals surface area contributed by atoms with Gasteiger partial charge in [0.15, 0.2) is 5.69 Å². The average molecular weight is 364 g/mol. The third-order valence-corrected chi connectivity index (χ3v) is 4.21. The number of amides is 1. The van der Waals surface area contributed by atoms with Crippen LogP contribution in [0.3, 0.4) is 0 Å². The van der Waals surface area contributed by atoms with Crippen LogP contribution in [-0.2, 0) is 13.1 Å². The van der Waals surface area contributed by atoms with Gasteiger partial charge in [-0.15, -0.1) is 15.3 Å². The van der Waals surface area contributed by atoms with Crippen LogP contribution < -0.4 is 5.32 Å². The Bertz CT molecular complexity index is 835. The summed E-state index contributed by atoms with van der Waals surface area (Å²) in [6.45, 7) is 0.210. The number of benzene rings is 1. The van der Waals surface area contributed by atoms with Gasteiger partial charge in [-0.25, -0.2) is 8.78 Å². The van der Waals surface area contributed by atoms with E-state index >= 15 is 0 Å². The number of nitrogens with one attached hydrogen (secondary N) is 1. The second-order valence-electron chi connectivity index (χ2n) is 5.10. The molecule has 1 aromatic carbocycles. The normalized spacial score (nSPS) is 11.0. The Balaban J connectivity index is 1.55. The fourth-order valence-electron chi connectivity index (χ4n) is 2.01. The van der Waals surface area contributed by atoms with Gasteiger partial charge in [0, 0.05) is 18.5 Å². The van der Waals surface area contributed by atoms with E-state index in [-0.39, 0.29) is 25.2 Å². The van der Waals surface area contributed by atoms with E-state index in [0.717, 1.165) is 10.6 Å². The molecule has 0 saturated carbocycles. The summed E-state index contributed by atoms with van der Waals surface area (Å²) in [6, 6.07) is 9.60. The molecule has 0 bridgehead atoms. The molecule has 1 N–H and O–H groups in total. The Morgan fingerprint density at radius 1 is 1.20 bits per heavy atom. The van der Waals surface area contributed by atoms with E-state index in [1.807, 2.05) is 30.3 Å². The van der Waals surface area contributed by atoms with Crippen molar-refractivity contribution >= 4 is 17.2 Å². The lowest BCUT2D eigenvalue weighted by atomic mass is 10.2. The SMILES string of the molecule is O=C(NCc1nnc(-c2ccccc2)s1)c1cn(CCC(F)F)nn1. The standard InChI is InChI=1S/C15H14F2N6OS/c16-12(17)6-7-23-9-11(19-22-23)14(24)18-8-13-20-21-15(25-13)10-4-2-1-3-5-10/h1-5,9,12H,6-8H2,(H,18,24). The predicted molar refractivity (Wildman–Crippen MR) is 87.2 cm³/mol. The van der Waals surface area contributed by atoms with Gasteiger partial charge >= 0.3 is 0 Å². The molecule has 2 heterocycles. The number of nitrogens with zero attached hydrogens (tertiary/aromatic N) is 5. The van der Waals surface area contributed by atoms with E-state index in [9.17, 15) is 13.6 Å². The Kier molecular flexibility index (Phi) is 5.39. The molecular formula is C15H14F2N6OS. The van der Waals surface area contributed by atoms with Gasteiger partial charge in [-0.2, -0.15) is 0 Å². The molecule has 3 rings (SSSR count). The molecule has 7 nitrogen and oxygen atoms in total. The first kappa shape index (κ1) is 17.1. The lowest BCUT2D eigenvalue weighted by Crippen LogP contribution is -2.23. The average Bonchev–Trinajstić information content (AvgIpc) is 3.28. The number of alkyl halides is 2. The minimum atomic E-state index is -2.42. The van der Waals surface area contributed by atoms with Gasteiger partial charge in [0.25, 0.3) is 5.91 Å². The van der Waals surface area contributed by atoms with Crippen molar-refractivity contribution in [2.75, 3.05) is 0 Å². The quantitative estimate of drug-likeness (QED) is 0.696. The second kappa shape index (κ2) is 7.88. The zero-order valence-corrected chi connectivity index (χ0v) is 13.8. The zero-order chi connectivity index (χ0) is 17.6. The topological polar surface area (TPSA) is 85.6 Å². The Morgan fingerprint density at radius 3 is 2.76 bits per heavy atom. The lowest BCUT2D eigenvalue weighted by Gasteiger charge is -1.99. The van der Waals surface area contributed by atoms with E-state index in [0.29, 0.717) is 5.01 Å². The van der Waals surface area contributed by atoms with Crippen LogP contribution in [0.2, 0.25) is 0 Å². The number of carbonyl (C=O) groups is 1. The summed E-state index contributed by atoms with van der Waals surface area (Å²) >= 11 is 1.38. The summed E-state index contributed by atoms with van der Waals surface area (Å²) in [7, 11) is 0. The maximum atomic E-state index is 12.2. The molecule has 25 heavy (non-hydrogen) atoms. The number of rotatable bonds is 7. The van der Waals surface area contributed by atoms with Gasteiger partial charge in [-0.3, -0.25) is 9.48 Å². The summed E-state index contributed by atoms with van der Waals surface area (Å²) < 4.78 is 25.6. The Hall–Kier alpha value is -2.75. The molecular weight excluding hydrogens is 350 g/mol. The summed E-state index contributed by atoms with van der Waals surface area (Å²) in [5, 5.41) is 19.6. The van der Waals surface area contributed by atoms with Crippen molar-refractivity contribution in [2.24, 2.45) is 0 Å². The third-order valence-electron chi connectivity index (χ3n) is 3.24. The van der Waals surface area contributed by atoms with E-state index in [2.05, 4.69) is 25.8 Å². The Morgan fingerprint density at radius 2 is 2.00 bits per heavy atom. The summed E-state index contributed by atoms with van der Waals surface area (Å²) in [5.74, 6) is -0.445. The molecule has 0 saturated heterocycles. The monoisotopic (exact) mass is 364 g/mol. The third kappa shape index (κ3) is 4.63. The zero-order valence-electron chi connectivity index (χ0n) is 13.0. The van der Waals surface area contributed by atoms with E-state index in [1.165, 1.54) is 22.2 Å². The number of aromatic nitrogens is 5. The molecule has 0 spiro atoms. The maximum absolute atomic E-state index is 12.2. The molecule has 1 amide bonds. The van der Waals surface area contributed by atoms with Gasteiger partial charge in [-0.1, -0.05) is 46.9 Å². The highest BCUT2D eigenvalue weighted by atomic mass is 32.1. The van der Waals surface area contributed by atoms with Gasteiger partial charge in [-0.05, 0) is 0 Å². The summed E-state index contributed by atoms with van der Waals surface area (Å²) in [5.41, 5.74) is 1.03. The minimum absolute atomic E-state index is 0.00871. The number of hydrogen-bond donors (Lipinski definition) is 1. The van der Waals surface area contributed by atoms with Gasteiger partial charge in [0.05, 0.1) is 12.7 Å². The molecule has 0 aliphatic carbocycles. The van der Waals surface area contributed by atoms with Crippen molar-refractivity contribution in [1.82, 2.24) is 30.5 Å². The van der Waals surface area contributed by atoms with Crippen molar-refractivity contribution in [3.8, 4) is 10.6 Å². The number of aryl methyl sites for hydroxylation is 1. The molecule has 0 unspecified atom stereocenters. The lowest BCUT2D eigenvalue weighted by molar-refractivity contribution is 0.0945. The fraction of sp³-hybridized carbons (Fsp3) is 0.267. The van der Waals surface area contributed by atoms with Crippen molar-refractivity contribution in [1.29, 1.82) is 0 Å². The second-order valence-corrected chi connectivity index (χ2v) is 6.16. The smallest absolute Gasteiger partial charge is 0.273 e. The molecule has 3 aromatic rings. The van der Waals surface area contributed by atoms with E-state index in [1.54, 1.807) is 0 Å². The summed E-state index contributed by atoms with van der Waals surface area (Å²) in [4.78, 5) is 12.0. The number of hydrogen-bond acceptors (Lipinski definition) is 6. The molecule has 0 aliphatic rings. The largest absolute Gasteiger partial charge is 0.344 e. The first-order valence-electron chi connectivity index (χ1n) is 7.46. The van der Waals surface area contributed by atoms with Crippen molar-refractivity contribution in [3.63, 3.8) is 0 Å². The molecule has 130 valence electrons. The van der Waals surface area contributed by atoms with Crippen molar-refractivity contribution in [2.45, 2.75) is 25.9 Å². The van der Waals surface area contributed by atoms with Crippen LogP contribution in [0.25, 0.3) is 10.6 Å². The van der Waals surface area contributed by atoms with Gasteiger partial charge < -0.3 is 5.32 Å². The van der Waals surface area contributed by atoms with Crippen LogP contribution in [0, 0.1) is 0 Å². The fourth-order valence-corrected chi connectivity index (χ4v) is 2.80. The van der Waals surface area contributed by atoms with Crippen LogP contribution in [0.5, 0.6) is 0 Å². The molecule has 0 radical (unpaired) electrons. The van der Waals surface area contributed by atoms with Gasteiger partial charge in [0.2, 0.25) is 6.43 Å². The number of halogens is 2. The first-order chi connectivity index (χ1) is 12.1. The number of carbonyl (C=O) groups excluding carboxylic acids is 1. The van der Waals surface area contributed by atoms with E-state index < -0.39 is 12.3 Å². The highest BCUT2D eigenvalue weighted by molar-refractivity contribution is 7.14. The van der Waals surface area contributed by atoms with Crippen LogP contribution in [-0.4, -0.2) is 37.5 Å². The van der Waals surface area contributed by atoms with Crippen LogP contribution in [0.15, 0.2) is 36.5 Å². The maximum Gasteiger partial charge on any atom is 0.273 e. The molecule has 10 heteroatoms. The van der Waals surface area contributed by atoms with Crippen molar-refractivity contribution < 1.29 is 13.6 Å². The first-order valence-corrected chi connectivity index (χ1v) is 8.28. The summed E-state index contributed by atoms with van der Waals surface area (Å²) in [6.07, 6.45) is -1.41. The molecule has 0 fully saturated rings. The molecule has 0 aliphatic heterocycles. The van der Waals surface area contributed by atoms with Crippen LogP contribution in [0.4, 0.5) is 8.78 Å². The molecule has 0 atom stereocenters. The highest BCUT2D eigenvalue weighted by Gasteiger charge is 2.13. The molecule has 2 aromatic heterocycles. The van der Waals surface area contributed by atoms with Crippen LogP contribution >= 0.6 is 11.3 Å². The van der Waals surface area contributed by atoms with E-state index in [4.69, 9.17) is 0 Å². The van der Waals surface area contributed by atoms with Gasteiger partial charge in [0.1, 0.15) is 10.0 Å². The predicted octanol–water partition coefficient (Wildman–Crippen LogP) is 2.38. The highest BCUT2D eigenvalue weighted by Crippen LogP contribution is 2.22. The minimum Gasteiger partial charge on any atom is -0.344 e. The van der Waals surface area contributed by atoms with Crippen LogP contribution in [0.1, 0.15) is 21.9 Å².